The topological polar surface area (TPSA) is 95.6 Å². The molecule has 0 spiro atoms. The predicted molar refractivity (Wildman–Crippen MR) is 137 cm³/mol. The molecule has 2 amide bonds. The minimum absolute atomic E-state index is 0.0248. The van der Waals surface area contributed by atoms with Crippen molar-refractivity contribution in [3.8, 4) is 0 Å². The number of fused-ring (bicyclic) bond motifs is 1. The maximum Gasteiger partial charge on any atom is 0.241 e. The van der Waals surface area contributed by atoms with Crippen molar-refractivity contribution in [2.75, 3.05) is 4.90 Å². The van der Waals surface area contributed by atoms with E-state index in [4.69, 9.17) is 0 Å². The number of carbonyl (C=O) groups excluding carboxylic acids is 2. The fourth-order valence-corrected chi connectivity index (χ4v) is 6.50. The molecule has 0 aromatic heterocycles. The van der Waals surface area contributed by atoms with Crippen LogP contribution in [0.25, 0.3) is 0 Å². The zero-order chi connectivity index (χ0) is 25.2. The summed E-state index contributed by atoms with van der Waals surface area (Å²) in [4.78, 5) is 27.1. The predicted octanol–water partition coefficient (Wildman–Crippen LogP) is 3.57. The molecule has 35 heavy (non-hydrogen) atoms. The highest BCUT2D eigenvalue weighted by Crippen LogP contribution is 2.34. The maximum absolute atomic E-state index is 13.4. The Kier molecular flexibility index (Phi) is 7.62. The number of hydrogen-bond donors (Lipinski definition) is 2. The lowest BCUT2D eigenvalue weighted by atomic mass is 9.87. The van der Waals surface area contributed by atoms with Gasteiger partial charge in [-0.25, -0.2) is 8.42 Å². The number of hydrogen-bond acceptors (Lipinski definition) is 4. The first-order chi connectivity index (χ1) is 16.6. The molecule has 2 unspecified atom stereocenters. The van der Waals surface area contributed by atoms with Crippen LogP contribution in [0, 0.1) is 5.92 Å². The van der Waals surface area contributed by atoms with E-state index in [1.54, 1.807) is 17.0 Å². The van der Waals surface area contributed by atoms with Crippen LogP contribution in [-0.2, 0) is 32.5 Å². The Balaban J connectivity index is 1.55. The number of carbonyl (C=O) groups is 2. The molecule has 1 aliphatic carbocycles. The Morgan fingerprint density at radius 2 is 1.71 bits per heavy atom. The lowest BCUT2D eigenvalue weighted by Crippen LogP contribution is -2.51. The summed E-state index contributed by atoms with van der Waals surface area (Å²) in [6.07, 6.45) is 4.79. The smallest absolute Gasteiger partial charge is 0.241 e. The van der Waals surface area contributed by atoms with Crippen molar-refractivity contribution < 1.29 is 18.0 Å². The van der Waals surface area contributed by atoms with E-state index in [9.17, 15) is 18.0 Å². The largest absolute Gasteiger partial charge is 0.352 e. The van der Waals surface area contributed by atoms with Gasteiger partial charge in [0, 0.05) is 24.7 Å². The number of benzene rings is 2. The summed E-state index contributed by atoms with van der Waals surface area (Å²) in [6, 6.07) is 13.4. The molecule has 0 saturated heterocycles. The highest BCUT2D eigenvalue weighted by atomic mass is 32.2. The van der Waals surface area contributed by atoms with Gasteiger partial charge in [0.25, 0.3) is 0 Å². The average Bonchev–Trinajstić information content (AvgIpc) is 3.15. The zero-order valence-electron chi connectivity index (χ0n) is 20.7. The van der Waals surface area contributed by atoms with Crippen LogP contribution in [0.3, 0.4) is 0 Å². The van der Waals surface area contributed by atoms with Crippen molar-refractivity contribution in [3.05, 3.63) is 59.7 Å². The van der Waals surface area contributed by atoms with E-state index in [-0.39, 0.29) is 35.2 Å². The molecule has 1 aliphatic heterocycles. The van der Waals surface area contributed by atoms with Gasteiger partial charge in [-0.2, -0.15) is 4.72 Å². The summed E-state index contributed by atoms with van der Waals surface area (Å²) < 4.78 is 29.5. The first-order valence-electron chi connectivity index (χ1n) is 12.4. The minimum atomic E-state index is -3.97. The van der Waals surface area contributed by atoms with E-state index in [1.807, 2.05) is 37.3 Å². The summed E-state index contributed by atoms with van der Waals surface area (Å²) in [6.45, 7) is 5.68. The van der Waals surface area contributed by atoms with Gasteiger partial charge in [0.15, 0.2) is 0 Å². The Bertz CT molecular complexity index is 1170. The lowest BCUT2D eigenvalue weighted by molar-refractivity contribution is -0.123. The van der Waals surface area contributed by atoms with Gasteiger partial charge in [0.2, 0.25) is 21.8 Å². The average molecular weight is 498 g/mol. The summed E-state index contributed by atoms with van der Waals surface area (Å²) in [5.41, 5.74) is 2.44. The van der Waals surface area contributed by atoms with Crippen LogP contribution in [0.5, 0.6) is 0 Å². The van der Waals surface area contributed by atoms with Gasteiger partial charge in [0.05, 0.1) is 4.90 Å². The maximum atomic E-state index is 13.4. The number of rotatable bonds is 7. The second-order valence-electron chi connectivity index (χ2n) is 10.1. The van der Waals surface area contributed by atoms with Crippen LogP contribution in [-0.4, -0.2) is 38.4 Å². The van der Waals surface area contributed by atoms with Gasteiger partial charge in [-0.15, -0.1) is 0 Å². The number of nitrogens with one attached hydrogen (secondary N) is 2. The lowest BCUT2D eigenvalue weighted by Gasteiger charge is -2.29. The molecule has 1 saturated carbocycles. The standard InChI is InChI=1S/C27H35N3O4S/c1-18-9-11-23(12-10-18)28-27(32)25(16-21-7-5-4-6-8-21)29-35(33,34)24-13-14-26-22(17-24)15-19(2)30(26)20(3)31/h4-8,13-14,17-19,23,25,29H,9-12,15-16H2,1-3H3,(H,28,32). The third-order valence-corrected chi connectivity index (χ3v) is 8.64. The number of amides is 2. The Morgan fingerprint density at radius 1 is 1.03 bits per heavy atom. The minimum Gasteiger partial charge on any atom is -0.352 e. The van der Waals surface area contributed by atoms with E-state index < -0.39 is 16.1 Å². The van der Waals surface area contributed by atoms with E-state index in [2.05, 4.69) is 17.0 Å². The van der Waals surface area contributed by atoms with Crippen molar-refractivity contribution in [1.82, 2.24) is 10.0 Å². The fourth-order valence-electron chi connectivity index (χ4n) is 5.25. The summed E-state index contributed by atoms with van der Waals surface area (Å²) in [5.74, 6) is 0.291. The van der Waals surface area contributed by atoms with Crippen molar-refractivity contribution >= 4 is 27.5 Å². The molecule has 7 nitrogen and oxygen atoms in total. The van der Waals surface area contributed by atoms with Crippen LogP contribution in [0.1, 0.15) is 57.6 Å². The number of nitrogens with zero attached hydrogens (tertiary/aromatic N) is 1. The van der Waals surface area contributed by atoms with Crippen LogP contribution in [0.15, 0.2) is 53.4 Å². The van der Waals surface area contributed by atoms with Gasteiger partial charge in [0.1, 0.15) is 6.04 Å². The van der Waals surface area contributed by atoms with Crippen LogP contribution in [0.2, 0.25) is 0 Å². The van der Waals surface area contributed by atoms with E-state index >= 15 is 0 Å². The molecular weight excluding hydrogens is 462 g/mol. The second kappa shape index (κ2) is 10.5. The molecule has 2 N–H and O–H groups in total. The molecule has 188 valence electrons. The molecule has 2 aromatic carbocycles. The highest BCUT2D eigenvalue weighted by Gasteiger charge is 2.32. The normalized spacial score (nSPS) is 22.9. The Hall–Kier alpha value is -2.71. The summed E-state index contributed by atoms with van der Waals surface area (Å²) in [7, 11) is -3.97. The zero-order valence-corrected chi connectivity index (χ0v) is 21.5. The molecule has 2 aliphatic rings. The molecule has 1 heterocycles. The van der Waals surface area contributed by atoms with Crippen molar-refractivity contribution in [1.29, 1.82) is 0 Å². The van der Waals surface area contributed by atoms with E-state index in [0.717, 1.165) is 42.5 Å². The van der Waals surface area contributed by atoms with Gasteiger partial charge < -0.3 is 10.2 Å². The van der Waals surface area contributed by atoms with Gasteiger partial charge in [-0.3, -0.25) is 9.59 Å². The third-order valence-electron chi connectivity index (χ3n) is 7.17. The molecule has 0 bridgehead atoms. The first kappa shape index (κ1) is 25.4. The molecular formula is C27H35N3O4S. The van der Waals surface area contributed by atoms with Gasteiger partial charge in [-0.05, 0) is 80.7 Å². The van der Waals surface area contributed by atoms with Crippen molar-refractivity contribution in [2.45, 2.75) is 82.3 Å². The van der Waals surface area contributed by atoms with E-state index in [1.165, 1.54) is 13.0 Å². The van der Waals surface area contributed by atoms with Gasteiger partial charge >= 0.3 is 0 Å². The molecule has 2 aromatic rings. The molecule has 1 fully saturated rings. The van der Waals surface area contributed by atoms with Crippen molar-refractivity contribution in [3.63, 3.8) is 0 Å². The Morgan fingerprint density at radius 3 is 2.37 bits per heavy atom. The molecule has 4 rings (SSSR count). The second-order valence-corrected chi connectivity index (χ2v) is 11.8. The van der Waals surface area contributed by atoms with Crippen LogP contribution >= 0.6 is 0 Å². The molecule has 0 radical (unpaired) electrons. The Labute approximate surface area is 208 Å². The first-order valence-corrected chi connectivity index (χ1v) is 13.9. The quantitative estimate of drug-likeness (QED) is 0.611. The van der Waals surface area contributed by atoms with Crippen LogP contribution < -0.4 is 14.9 Å². The summed E-state index contributed by atoms with van der Waals surface area (Å²) in [5, 5.41) is 3.09. The highest BCUT2D eigenvalue weighted by molar-refractivity contribution is 7.89. The number of sulfonamides is 1. The van der Waals surface area contributed by atoms with Crippen LogP contribution in [0.4, 0.5) is 5.69 Å². The van der Waals surface area contributed by atoms with Gasteiger partial charge in [-0.1, -0.05) is 37.3 Å². The fraction of sp³-hybridized carbons (Fsp3) is 0.481. The third kappa shape index (κ3) is 5.93. The van der Waals surface area contributed by atoms with Crippen molar-refractivity contribution in [2.24, 2.45) is 5.92 Å². The summed E-state index contributed by atoms with van der Waals surface area (Å²) >= 11 is 0. The SMILES string of the molecule is CC(=O)N1c2ccc(S(=O)(=O)NC(Cc3ccccc3)C(=O)NC3CCC(C)CC3)cc2CC1C. The monoisotopic (exact) mass is 497 g/mol. The number of anilines is 1. The molecule has 2 atom stereocenters. The molecule has 8 heteroatoms. The van der Waals surface area contributed by atoms with E-state index in [0.29, 0.717) is 12.3 Å².